The molecule has 3 N–H and O–H groups in total. The maximum atomic E-state index is 12.9. The first-order valence-corrected chi connectivity index (χ1v) is 12.7. The van der Waals surface area contributed by atoms with Crippen molar-refractivity contribution in [2.45, 2.75) is 44.3 Å². The number of piperazine rings is 1. The van der Waals surface area contributed by atoms with Gasteiger partial charge in [0.05, 0.1) is 10.9 Å². The lowest BCUT2D eigenvalue weighted by molar-refractivity contribution is -0.116. The highest BCUT2D eigenvalue weighted by Crippen LogP contribution is 2.44. The zero-order valence-electron chi connectivity index (χ0n) is 17.3. The van der Waals surface area contributed by atoms with E-state index in [1.54, 1.807) is 22.7 Å². The lowest BCUT2D eigenvalue weighted by Crippen LogP contribution is -2.51. The molecule has 0 radical (unpaired) electrons. The highest BCUT2D eigenvalue weighted by Gasteiger charge is 2.32. The number of pyridine rings is 1. The molecule has 2 saturated heterocycles. The number of anilines is 1. The summed E-state index contributed by atoms with van der Waals surface area (Å²) in [6.45, 7) is 4.78. The Morgan fingerprint density at radius 3 is 2.97 bits per heavy atom. The molecular formula is C22H26N6OS2. The average Bonchev–Trinajstić information content (AvgIpc) is 3.46. The van der Waals surface area contributed by atoms with E-state index in [-0.39, 0.29) is 5.91 Å². The highest BCUT2D eigenvalue weighted by atomic mass is 32.1. The van der Waals surface area contributed by atoms with Crippen molar-refractivity contribution in [1.29, 1.82) is 0 Å². The van der Waals surface area contributed by atoms with E-state index in [0.717, 1.165) is 64.9 Å². The Balaban J connectivity index is 1.22. The van der Waals surface area contributed by atoms with Gasteiger partial charge in [-0.3, -0.25) is 14.7 Å². The zero-order chi connectivity index (χ0) is 20.8. The zero-order valence-corrected chi connectivity index (χ0v) is 19.0. The molecule has 2 atom stereocenters. The van der Waals surface area contributed by atoms with Gasteiger partial charge in [0.15, 0.2) is 0 Å². The molecule has 3 aliphatic rings. The quantitative estimate of drug-likeness (QED) is 0.550. The SMILES string of the molecule is O=C(CCN1C[C@H]2CC[C@@H](C1)N2)Nc1sc2c(c1-c1nc3cnccc3s1)CCNC2. The van der Waals surface area contributed by atoms with Gasteiger partial charge >= 0.3 is 0 Å². The topological polar surface area (TPSA) is 82.2 Å². The van der Waals surface area contributed by atoms with Crippen LogP contribution >= 0.6 is 22.7 Å². The molecule has 6 heterocycles. The Kier molecular flexibility index (Phi) is 5.23. The largest absolute Gasteiger partial charge is 0.317 e. The molecule has 2 bridgehead atoms. The van der Waals surface area contributed by atoms with Crippen molar-refractivity contribution in [2.24, 2.45) is 0 Å². The van der Waals surface area contributed by atoms with E-state index >= 15 is 0 Å². The molecule has 1 amide bonds. The predicted molar refractivity (Wildman–Crippen MR) is 126 cm³/mol. The van der Waals surface area contributed by atoms with Crippen LogP contribution in [0.5, 0.6) is 0 Å². The second kappa shape index (κ2) is 8.22. The Morgan fingerprint density at radius 2 is 2.13 bits per heavy atom. The van der Waals surface area contributed by atoms with E-state index in [1.165, 1.54) is 23.3 Å². The first kappa shape index (κ1) is 19.8. The number of nitrogens with zero attached hydrogens (tertiary/aromatic N) is 3. The molecule has 0 aliphatic carbocycles. The lowest BCUT2D eigenvalue weighted by atomic mass is 10.0. The van der Waals surface area contributed by atoms with E-state index < -0.39 is 0 Å². The molecule has 3 aromatic rings. The van der Waals surface area contributed by atoms with Crippen molar-refractivity contribution in [3.8, 4) is 10.6 Å². The van der Waals surface area contributed by atoms with Crippen molar-refractivity contribution >= 4 is 43.8 Å². The fourth-order valence-electron chi connectivity index (χ4n) is 5.06. The van der Waals surface area contributed by atoms with Crippen molar-refractivity contribution in [3.05, 3.63) is 28.9 Å². The van der Waals surface area contributed by atoms with Crippen LogP contribution in [0.25, 0.3) is 20.8 Å². The molecule has 3 aliphatic heterocycles. The summed E-state index contributed by atoms with van der Waals surface area (Å²) in [5.74, 6) is 0.0986. The summed E-state index contributed by atoms with van der Waals surface area (Å²) in [7, 11) is 0. The van der Waals surface area contributed by atoms with Gasteiger partial charge in [0.25, 0.3) is 0 Å². The minimum atomic E-state index is 0.0986. The molecule has 3 aromatic heterocycles. The van der Waals surface area contributed by atoms with Crippen molar-refractivity contribution in [1.82, 2.24) is 25.5 Å². The second-order valence-corrected chi connectivity index (χ2v) is 10.8. The van der Waals surface area contributed by atoms with E-state index in [9.17, 15) is 4.79 Å². The Hall–Kier alpha value is -1.91. The molecule has 7 nitrogen and oxygen atoms in total. The molecule has 0 unspecified atom stereocenters. The minimum absolute atomic E-state index is 0.0986. The van der Waals surface area contributed by atoms with Crippen LogP contribution in [0, 0.1) is 0 Å². The van der Waals surface area contributed by atoms with Gasteiger partial charge in [-0.2, -0.15) is 0 Å². The van der Waals surface area contributed by atoms with Crippen LogP contribution in [0.15, 0.2) is 18.5 Å². The van der Waals surface area contributed by atoms with Crippen LogP contribution in [-0.2, 0) is 17.8 Å². The fourth-order valence-corrected chi connectivity index (χ4v) is 7.37. The number of thiophene rings is 1. The van der Waals surface area contributed by atoms with E-state index in [1.807, 2.05) is 18.5 Å². The van der Waals surface area contributed by atoms with Crippen molar-refractivity contribution in [2.75, 3.05) is 31.5 Å². The van der Waals surface area contributed by atoms with Gasteiger partial charge in [-0.1, -0.05) is 0 Å². The maximum absolute atomic E-state index is 12.9. The number of hydrogen-bond donors (Lipinski definition) is 3. The van der Waals surface area contributed by atoms with Crippen LogP contribution in [0.1, 0.15) is 29.7 Å². The van der Waals surface area contributed by atoms with Gasteiger partial charge in [0.2, 0.25) is 5.91 Å². The number of carbonyl (C=O) groups is 1. The Morgan fingerprint density at radius 1 is 1.26 bits per heavy atom. The summed E-state index contributed by atoms with van der Waals surface area (Å²) in [5.41, 5.74) is 3.38. The molecule has 0 saturated carbocycles. The third-order valence-electron chi connectivity index (χ3n) is 6.53. The average molecular weight is 455 g/mol. The number of hydrogen-bond acceptors (Lipinski definition) is 8. The lowest BCUT2D eigenvalue weighted by Gasteiger charge is -2.32. The number of amides is 1. The number of nitrogens with one attached hydrogen (secondary N) is 3. The maximum Gasteiger partial charge on any atom is 0.226 e. The van der Waals surface area contributed by atoms with Gasteiger partial charge in [-0.15, -0.1) is 22.7 Å². The van der Waals surface area contributed by atoms with Gasteiger partial charge in [-0.05, 0) is 37.4 Å². The van der Waals surface area contributed by atoms with Crippen LogP contribution in [0.3, 0.4) is 0 Å². The second-order valence-electron chi connectivity index (χ2n) is 8.69. The van der Waals surface area contributed by atoms with Crippen LogP contribution in [0.2, 0.25) is 0 Å². The van der Waals surface area contributed by atoms with E-state index in [4.69, 9.17) is 4.98 Å². The first-order chi connectivity index (χ1) is 15.2. The van der Waals surface area contributed by atoms with Crippen LogP contribution in [-0.4, -0.2) is 59.0 Å². The molecule has 162 valence electrons. The number of aromatic nitrogens is 2. The smallest absolute Gasteiger partial charge is 0.226 e. The van der Waals surface area contributed by atoms with Gasteiger partial charge in [-0.25, -0.2) is 4.98 Å². The summed E-state index contributed by atoms with van der Waals surface area (Å²) < 4.78 is 1.13. The normalized spacial score (nSPS) is 23.2. The molecule has 0 aromatic carbocycles. The summed E-state index contributed by atoms with van der Waals surface area (Å²) in [4.78, 5) is 25.7. The number of thiazole rings is 1. The van der Waals surface area contributed by atoms with Crippen LogP contribution < -0.4 is 16.0 Å². The number of rotatable bonds is 5. The standard InChI is InChI=1S/C22H26N6OS2/c29-19(5-8-28-11-13-1-2-14(12-28)25-13)27-22-20(15-3-6-24-10-18(15)31-22)21-26-16-9-23-7-4-17(16)30-21/h4,7,9,13-14,24-25H,1-3,5-6,8,10-12H2,(H,27,29)/t13-,14+. The summed E-state index contributed by atoms with van der Waals surface area (Å²) in [5, 5.41) is 12.3. The third-order valence-corrected chi connectivity index (χ3v) is 8.73. The fraction of sp³-hybridized carbons (Fsp3) is 0.500. The number of carbonyl (C=O) groups excluding carboxylic acids is 1. The minimum Gasteiger partial charge on any atom is -0.317 e. The monoisotopic (exact) mass is 454 g/mol. The molecule has 2 fully saturated rings. The van der Waals surface area contributed by atoms with Gasteiger partial charge in [0, 0.05) is 61.3 Å². The summed E-state index contributed by atoms with van der Waals surface area (Å²) in [6.07, 6.45) is 7.65. The Bertz CT molecular complexity index is 1080. The molecule has 9 heteroatoms. The summed E-state index contributed by atoms with van der Waals surface area (Å²) in [6, 6.07) is 3.23. The third kappa shape index (κ3) is 3.89. The molecular weight excluding hydrogens is 428 g/mol. The van der Waals surface area contributed by atoms with Crippen LogP contribution in [0.4, 0.5) is 5.00 Å². The number of fused-ring (bicyclic) bond motifs is 4. The molecule has 6 rings (SSSR count). The van der Waals surface area contributed by atoms with Crippen molar-refractivity contribution in [3.63, 3.8) is 0 Å². The first-order valence-electron chi connectivity index (χ1n) is 11.1. The molecule has 31 heavy (non-hydrogen) atoms. The summed E-state index contributed by atoms with van der Waals surface area (Å²) >= 11 is 3.38. The number of likely N-dealkylation sites (tertiary alicyclic amines) is 1. The van der Waals surface area contributed by atoms with Gasteiger partial charge < -0.3 is 16.0 Å². The Labute approximate surface area is 189 Å². The molecule has 0 spiro atoms. The van der Waals surface area contributed by atoms with Gasteiger partial charge in [0.1, 0.15) is 15.5 Å². The van der Waals surface area contributed by atoms with Crippen molar-refractivity contribution < 1.29 is 4.79 Å². The highest BCUT2D eigenvalue weighted by molar-refractivity contribution is 7.22. The van der Waals surface area contributed by atoms with E-state index in [2.05, 4.69) is 25.8 Å². The van der Waals surface area contributed by atoms with E-state index in [0.29, 0.717) is 18.5 Å². The predicted octanol–water partition coefficient (Wildman–Crippen LogP) is 2.83.